The van der Waals surface area contributed by atoms with E-state index in [0.717, 1.165) is 13.1 Å². The minimum atomic E-state index is -0.407. The van der Waals surface area contributed by atoms with Crippen LogP contribution >= 0.6 is 0 Å². The summed E-state index contributed by atoms with van der Waals surface area (Å²) >= 11 is 0. The summed E-state index contributed by atoms with van der Waals surface area (Å²) in [5, 5.41) is 6.44. The van der Waals surface area contributed by atoms with Crippen molar-refractivity contribution in [3.05, 3.63) is 0 Å². The Balaban J connectivity index is 0. The van der Waals surface area contributed by atoms with Crippen LogP contribution in [-0.4, -0.2) is 30.8 Å². The van der Waals surface area contributed by atoms with Gasteiger partial charge in [-0.05, 0) is 58.5 Å². The van der Waals surface area contributed by atoms with Gasteiger partial charge in [0.2, 0.25) is 0 Å². The highest BCUT2D eigenvalue weighted by molar-refractivity contribution is 5.68. The summed E-state index contributed by atoms with van der Waals surface area (Å²) in [6.07, 6.45) is 2.17. The Morgan fingerprint density at radius 2 is 1.36 bits per heavy atom. The first-order chi connectivity index (χ1) is 10.5. The smallest absolute Gasteiger partial charge is 0.407 e. The first kappa shape index (κ1) is 23.5. The molecule has 2 fully saturated rings. The SMILES string of the molecule is CC.CC.CC.CC(C)(C)OC(=O)NC1C2CCC1CNC2. The number of fused-ring (bicyclic) bond motifs is 2. The molecule has 0 radical (unpaired) electrons. The zero-order valence-electron chi connectivity index (χ0n) is 16.4. The number of hydrogen-bond acceptors (Lipinski definition) is 3. The van der Waals surface area contributed by atoms with Gasteiger partial charge in [-0.15, -0.1) is 0 Å². The Kier molecular flexibility index (Phi) is 13.6. The van der Waals surface area contributed by atoms with Crippen LogP contribution in [0.3, 0.4) is 0 Å². The van der Waals surface area contributed by atoms with Crippen molar-refractivity contribution in [2.75, 3.05) is 13.1 Å². The predicted molar refractivity (Wildman–Crippen MR) is 96.3 cm³/mol. The molecular weight excluding hydrogens is 276 g/mol. The second-order valence-electron chi connectivity index (χ2n) is 5.93. The fourth-order valence-corrected chi connectivity index (χ4v) is 2.76. The second kappa shape index (κ2) is 12.7. The molecule has 2 atom stereocenters. The number of carbonyl (C=O) groups is 1. The maximum absolute atomic E-state index is 11.7. The third-order valence-electron chi connectivity index (χ3n) is 3.42. The van der Waals surface area contributed by atoms with Gasteiger partial charge in [0.15, 0.2) is 0 Å². The summed E-state index contributed by atoms with van der Waals surface area (Å²) in [4.78, 5) is 11.7. The van der Waals surface area contributed by atoms with Crippen LogP contribution in [0, 0.1) is 11.8 Å². The van der Waals surface area contributed by atoms with E-state index in [2.05, 4.69) is 10.6 Å². The lowest BCUT2D eigenvalue weighted by atomic mass is 9.94. The van der Waals surface area contributed by atoms with Crippen LogP contribution in [0.5, 0.6) is 0 Å². The number of nitrogens with one attached hydrogen (secondary N) is 2. The summed E-state index contributed by atoms with van der Waals surface area (Å²) < 4.78 is 5.29. The topological polar surface area (TPSA) is 50.4 Å². The van der Waals surface area contributed by atoms with Crippen LogP contribution in [0.15, 0.2) is 0 Å². The standard InChI is InChI=1S/C12H22N2O2.3C2H6/c1-12(2,3)16-11(15)14-10-8-4-5-9(10)7-13-6-8;3*1-2/h8-10,13H,4-7H2,1-3H3,(H,14,15);3*1-2H3. The Morgan fingerprint density at radius 3 is 1.73 bits per heavy atom. The highest BCUT2D eigenvalue weighted by Gasteiger charge is 2.40. The molecule has 4 heteroatoms. The largest absolute Gasteiger partial charge is 0.444 e. The van der Waals surface area contributed by atoms with E-state index in [-0.39, 0.29) is 6.09 Å². The molecular formula is C18H40N2O2. The Labute approximate surface area is 138 Å². The molecule has 2 N–H and O–H groups in total. The molecule has 1 heterocycles. The minimum Gasteiger partial charge on any atom is -0.444 e. The van der Waals surface area contributed by atoms with Gasteiger partial charge in [-0.3, -0.25) is 0 Å². The lowest BCUT2D eigenvalue weighted by molar-refractivity contribution is 0.0468. The van der Waals surface area contributed by atoms with Crippen molar-refractivity contribution < 1.29 is 9.53 Å². The summed E-state index contributed by atoms with van der Waals surface area (Å²) in [5.41, 5.74) is -0.407. The van der Waals surface area contributed by atoms with Crippen LogP contribution in [0.25, 0.3) is 0 Å². The van der Waals surface area contributed by atoms with Crippen LogP contribution in [-0.2, 0) is 4.74 Å². The van der Waals surface area contributed by atoms with Gasteiger partial charge in [0, 0.05) is 6.04 Å². The van der Waals surface area contributed by atoms with Crippen molar-refractivity contribution in [1.82, 2.24) is 10.6 Å². The van der Waals surface area contributed by atoms with Crippen molar-refractivity contribution in [2.24, 2.45) is 11.8 Å². The fourth-order valence-electron chi connectivity index (χ4n) is 2.76. The number of alkyl carbamates (subject to hydrolysis) is 1. The van der Waals surface area contributed by atoms with Gasteiger partial charge in [-0.2, -0.15) is 0 Å². The monoisotopic (exact) mass is 316 g/mol. The van der Waals surface area contributed by atoms with E-state index >= 15 is 0 Å². The number of hydrogen-bond donors (Lipinski definition) is 2. The van der Waals surface area contributed by atoms with E-state index in [0.29, 0.717) is 17.9 Å². The summed E-state index contributed by atoms with van der Waals surface area (Å²) in [6.45, 7) is 19.7. The van der Waals surface area contributed by atoms with Crippen LogP contribution in [0.4, 0.5) is 4.79 Å². The highest BCUT2D eigenvalue weighted by Crippen LogP contribution is 2.33. The molecule has 2 rings (SSSR count). The molecule has 1 saturated carbocycles. The molecule has 2 aliphatic rings. The average molecular weight is 317 g/mol. The van der Waals surface area contributed by atoms with Crippen molar-refractivity contribution >= 4 is 6.09 Å². The highest BCUT2D eigenvalue weighted by atomic mass is 16.6. The first-order valence-electron chi connectivity index (χ1n) is 9.16. The zero-order valence-corrected chi connectivity index (χ0v) is 16.4. The van der Waals surface area contributed by atoms with E-state index in [1.54, 1.807) is 0 Å². The van der Waals surface area contributed by atoms with E-state index in [9.17, 15) is 4.79 Å². The molecule has 1 aliphatic carbocycles. The van der Waals surface area contributed by atoms with Crippen molar-refractivity contribution in [3.63, 3.8) is 0 Å². The van der Waals surface area contributed by atoms with E-state index < -0.39 is 5.60 Å². The van der Waals surface area contributed by atoms with E-state index in [1.807, 2.05) is 62.3 Å². The first-order valence-corrected chi connectivity index (χ1v) is 9.16. The molecule has 2 bridgehead atoms. The van der Waals surface area contributed by atoms with E-state index in [1.165, 1.54) is 12.8 Å². The number of carbonyl (C=O) groups excluding carboxylic acids is 1. The van der Waals surface area contributed by atoms with Gasteiger partial charge in [0.05, 0.1) is 0 Å². The van der Waals surface area contributed by atoms with Crippen molar-refractivity contribution in [1.29, 1.82) is 0 Å². The van der Waals surface area contributed by atoms with Crippen LogP contribution in [0.2, 0.25) is 0 Å². The molecule has 4 nitrogen and oxygen atoms in total. The second-order valence-corrected chi connectivity index (χ2v) is 5.93. The molecule has 1 aliphatic heterocycles. The maximum atomic E-state index is 11.7. The third-order valence-corrected chi connectivity index (χ3v) is 3.42. The van der Waals surface area contributed by atoms with Crippen molar-refractivity contribution in [2.45, 2.75) is 86.8 Å². The Bertz CT molecular complexity index is 259. The molecule has 0 aromatic rings. The minimum absolute atomic E-state index is 0.267. The molecule has 0 aromatic carbocycles. The molecule has 0 spiro atoms. The van der Waals surface area contributed by atoms with Crippen LogP contribution < -0.4 is 10.6 Å². The van der Waals surface area contributed by atoms with Crippen molar-refractivity contribution in [3.8, 4) is 0 Å². The third kappa shape index (κ3) is 8.62. The van der Waals surface area contributed by atoms with Gasteiger partial charge in [0.25, 0.3) is 0 Å². The number of piperidine rings is 1. The normalized spacial score (nSPS) is 25.2. The van der Waals surface area contributed by atoms with Gasteiger partial charge < -0.3 is 15.4 Å². The van der Waals surface area contributed by atoms with Gasteiger partial charge >= 0.3 is 6.09 Å². The molecule has 22 heavy (non-hydrogen) atoms. The number of amides is 1. The average Bonchev–Trinajstić information content (AvgIpc) is 2.73. The lowest BCUT2D eigenvalue weighted by Crippen LogP contribution is -2.51. The Hall–Kier alpha value is -0.770. The molecule has 134 valence electrons. The van der Waals surface area contributed by atoms with Gasteiger partial charge in [-0.25, -0.2) is 4.79 Å². The van der Waals surface area contributed by atoms with Crippen LogP contribution in [0.1, 0.15) is 75.2 Å². The predicted octanol–water partition coefficient (Wildman–Crippen LogP) is 4.59. The quantitative estimate of drug-likeness (QED) is 0.744. The summed E-state index contributed by atoms with van der Waals surface area (Å²) in [7, 11) is 0. The summed E-state index contributed by atoms with van der Waals surface area (Å²) in [6, 6.07) is 0.316. The zero-order chi connectivity index (χ0) is 17.8. The lowest BCUT2D eigenvalue weighted by Gasteiger charge is -2.32. The summed E-state index contributed by atoms with van der Waals surface area (Å²) in [5.74, 6) is 1.18. The molecule has 2 unspecified atom stereocenters. The Morgan fingerprint density at radius 1 is 0.955 bits per heavy atom. The van der Waals surface area contributed by atoms with Gasteiger partial charge in [-0.1, -0.05) is 41.5 Å². The number of ether oxygens (including phenoxy) is 1. The molecule has 0 aromatic heterocycles. The van der Waals surface area contributed by atoms with E-state index in [4.69, 9.17) is 4.74 Å². The fraction of sp³-hybridized carbons (Fsp3) is 0.944. The molecule has 1 amide bonds. The van der Waals surface area contributed by atoms with Gasteiger partial charge in [0.1, 0.15) is 5.60 Å². The maximum Gasteiger partial charge on any atom is 0.407 e. The number of rotatable bonds is 1. The molecule has 1 saturated heterocycles.